The van der Waals surface area contributed by atoms with Crippen LogP contribution in [0.3, 0.4) is 0 Å². The molecule has 0 fully saturated rings. The summed E-state index contributed by atoms with van der Waals surface area (Å²) in [5, 5.41) is 16.0. The average Bonchev–Trinajstić information content (AvgIpc) is 2.34. The first kappa shape index (κ1) is 18.1. The first-order valence-corrected chi connectivity index (χ1v) is 8.13. The molecule has 108 valence electrons. The molecule has 0 aromatic heterocycles. The van der Waals surface area contributed by atoms with Crippen LogP contribution in [0.4, 0.5) is 0 Å². The van der Waals surface area contributed by atoms with E-state index in [9.17, 15) is 19.1 Å². The summed E-state index contributed by atoms with van der Waals surface area (Å²) in [5.74, 6) is 0. The van der Waals surface area contributed by atoms with Gasteiger partial charge in [-0.2, -0.15) is 0 Å². The van der Waals surface area contributed by atoms with Crippen LogP contribution in [0.25, 0.3) is 0 Å². The van der Waals surface area contributed by atoms with E-state index in [2.05, 4.69) is 9.05 Å². The highest BCUT2D eigenvalue weighted by molar-refractivity contribution is 7.67. The fourth-order valence-electron chi connectivity index (χ4n) is 1.32. The van der Waals surface area contributed by atoms with Gasteiger partial charge in [-0.15, -0.1) is 4.52 Å². The van der Waals surface area contributed by atoms with Crippen molar-refractivity contribution >= 4 is 15.6 Å². The summed E-state index contributed by atoms with van der Waals surface area (Å²) in [4.78, 5) is 9.51. The van der Waals surface area contributed by atoms with Crippen LogP contribution in [0.15, 0.2) is 0 Å². The minimum absolute atomic E-state index is 0.246. The number of rotatable bonds is 10. The van der Waals surface area contributed by atoms with E-state index in [0.717, 1.165) is 7.11 Å². The Morgan fingerprint density at radius 3 is 2.44 bits per heavy atom. The molecule has 18 heavy (non-hydrogen) atoms. The van der Waals surface area contributed by atoms with E-state index < -0.39 is 27.5 Å². The van der Waals surface area contributed by atoms with Gasteiger partial charge in [0.05, 0.1) is 0 Å². The minimum Gasteiger partial charge on any atom is -0.367 e. The molecule has 0 amide bonds. The molecule has 0 aromatic rings. The van der Waals surface area contributed by atoms with Gasteiger partial charge in [0.25, 0.3) is 0 Å². The second kappa shape index (κ2) is 8.30. The third-order valence-electron chi connectivity index (χ3n) is 2.38. The van der Waals surface area contributed by atoms with E-state index in [4.69, 9.17) is 10.8 Å². The van der Waals surface area contributed by atoms with Gasteiger partial charge >= 0.3 is 20.7 Å². The molecule has 0 aliphatic rings. The van der Waals surface area contributed by atoms with Crippen LogP contribution in [-0.4, -0.2) is 40.6 Å². The van der Waals surface area contributed by atoms with E-state index in [1.165, 1.54) is 0 Å². The maximum atomic E-state index is 11.7. The van der Waals surface area contributed by atoms with E-state index in [1.807, 2.05) is 0 Å². The summed E-state index contributed by atoms with van der Waals surface area (Å²) < 4.78 is 32.0. The molecule has 3 atom stereocenters. The lowest BCUT2D eigenvalue weighted by Crippen LogP contribution is -2.26. The molecule has 8 nitrogen and oxygen atoms in total. The van der Waals surface area contributed by atoms with Crippen LogP contribution in [0.1, 0.15) is 25.7 Å². The number of aliphatic hydroxyl groups is 2. The standard InChI is InChI=1S/C8H19NO7P2/c1-15-18(13,14)8(11,17(12)16-7-10)5-3-2-4-6-9/h10-11H,2-7,9H2,1H3/p+1. The van der Waals surface area contributed by atoms with Gasteiger partial charge in [-0.05, 0) is 24.0 Å². The lowest BCUT2D eigenvalue weighted by molar-refractivity contribution is 0.0786. The van der Waals surface area contributed by atoms with Crippen molar-refractivity contribution in [3.05, 3.63) is 0 Å². The minimum atomic E-state index is -4.53. The number of hydrogen-bond donors (Lipinski definition) is 4. The Balaban J connectivity index is 4.82. The Morgan fingerprint density at radius 2 is 2.00 bits per heavy atom. The van der Waals surface area contributed by atoms with Crippen molar-refractivity contribution in [3.8, 4) is 0 Å². The third-order valence-corrected chi connectivity index (χ3v) is 6.41. The van der Waals surface area contributed by atoms with Crippen LogP contribution in [0.2, 0.25) is 0 Å². The highest BCUT2D eigenvalue weighted by atomic mass is 31.2. The molecule has 3 unspecified atom stereocenters. The molecule has 0 radical (unpaired) electrons. The monoisotopic (exact) mass is 304 g/mol. The lowest BCUT2D eigenvalue weighted by atomic mass is 10.2. The highest BCUT2D eigenvalue weighted by Gasteiger charge is 2.64. The summed E-state index contributed by atoms with van der Waals surface area (Å²) in [6.07, 6.45) is 1.36. The molecule has 0 bridgehead atoms. The molecule has 0 aliphatic carbocycles. The summed E-state index contributed by atoms with van der Waals surface area (Å²) in [6.45, 7) is -0.469. The van der Waals surface area contributed by atoms with Gasteiger partial charge in [0.1, 0.15) is 0 Å². The molecule has 0 aliphatic heterocycles. The van der Waals surface area contributed by atoms with Gasteiger partial charge in [-0.1, -0.05) is 6.42 Å². The predicted octanol–water partition coefficient (Wildman–Crippen LogP) is 0.692. The number of unbranched alkanes of at least 4 members (excludes halogenated alkanes) is 2. The largest absolute Gasteiger partial charge is 0.559 e. The summed E-state index contributed by atoms with van der Waals surface area (Å²) in [6, 6.07) is 0. The maximum absolute atomic E-state index is 11.7. The van der Waals surface area contributed by atoms with Gasteiger partial charge in [-0.3, -0.25) is 4.57 Å². The van der Waals surface area contributed by atoms with Crippen LogP contribution in [-0.2, 0) is 18.2 Å². The van der Waals surface area contributed by atoms with Crippen LogP contribution in [0.5, 0.6) is 0 Å². The van der Waals surface area contributed by atoms with Crippen molar-refractivity contribution in [1.29, 1.82) is 0 Å². The average molecular weight is 304 g/mol. The van der Waals surface area contributed by atoms with Crippen molar-refractivity contribution in [2.45, 2.75) is 30.8 Å². The Labute approximate surface area is 106 Å². The molecule has 0 saturated heterocycles. The molecule has 0 aromatic carbocycles. The number of hydrogen-bond acceptors (Lipinski definition) is 7. The lowest BCUT2D eigenvalue weighted by Gasteiger charge is -2.20. The van der Waals surface area contributed by atoms with Crippen molar-refractivity contribution in [2.75, 3.05) is 20.4 Å². The first-order valence-electron chi connectivity index (χ1n) is 5.38. The fourth-order valence-corrected chi connectivity index (χ4v) is 3.95. The van der Waals surface area contributed by atoms with Gasteiger partial charge in [0.15, 0.2) is 6.79 Å². The summed E-state index contributed by atoms with van der Waals surface area (Å²) in [7, 11) is -6.56. The third kappa shape index (κ3) is 4.64. The predicted molar refractivity (Wildman–Crippen MR) is 65.1 cm³/mol. The molecule has 0 rings (SSSR count). The number of aliphatic hydroxyl groups excluding tert-OH is 1. The normalized spacial score (nSPS) is 19.1. The molecular weight excluding hydrogens is 284 g/mol. The van der Waals surface area contributed by atoms with E-state index in [0.29, 0.717) is 25.8 Å². The van der Waals surface area contributed by atoms with Crippen molar-refractivity contribution < 1.29 is 33.3 Å². The van der Waals surface area contributed by atoms with Gasteiger partial charge < -0.3 is 25.4 Å². The molecule has 5 N–H and O–H groups in total. The fraction of sp³-hybridized carbons (Fsp3) is 1.00. The SMILES string of the molecule is COP(=O)(O)C(O)(CCCCCN)[P+](=O)OCO. The second-order valence-electron chi connectivity index (χ2n) is 3.59. The Kier molecular flexibility index (Phi) is 8.34. The first-order chi connectivity index (χ1) is 8.35. The molecule has 0 heterocycles. The second-order valence-corrected chi connectivity index (χ2v) is 7.60. The Morgan fingerprint density at radius 1 is 1.39 bits per heavy atom. The molecule has 0 spiro atoms. The smallest absolute Gasteiger partial charge is 0.367 e. The molecule has 0 saturated carbocycles. The number of nitrogens with two attached hydrogens (primary N) is 1. The van der Waals surface area contributed by atoms with Crippen LogP contribution in [0, 0.1) is 0 Å². The van der Waals surface area contributed by atoms with Gasteiger partial charge in [-0.25, -0.2) is 0 Å². The van der Waals surface area contributed by atoms with Gasteiger partial charge in [0, 0.05) is 13.5 Å². The van der Waals surface area contributed by atoms with Crippen molar-refractivity contribution in [2.24, 2.45) is 5.73 Å². The maximum Gasteiger partial charge on any atom is 0.559 e. The Hall–Kier alpha value is 0.0900. The zero-order valence-electron chi connectivity index (χ0n) is 10.2. The van der Waals surface area contributed by atoms with Crippen LogP contribution < -0.4 is 5.73 Å². The zero-order chi connectivity index (χ0) is 14.2. The van der Waals surface area contributed by atoms with E-state index in [1.54, 1.807) is 0 Å². The van der Waals surface area contributed by atoms with Crippen molar-refractivity contribution in [3.63, 3.8) is 0 Å². The topological polar surface area (TPSA) is 139 Å². The summed E-state index contributed by atoms with van der Waals surface area (Å²) in [5.41, 5.74) is 5.29. The van der Waals surface area contributed by atoms with Crippen molar-refractivity contribution in [1.82, 2.24) is 0 Å². The quantitative estimate of drug-likeness (QED) is 0.262. The van der Waals surface area contributed by atoms with Gasteiger partial charge in [0.2, 0.25) is 0 Å². The summed E-state index contributed by atoms with van der Waals surface area (Å²) >= 11 is 0. The Bertz CT molecular complexity index is 314. The zero-order valence-corrected chi connectivity index (χ0v) is 12.0. The van der Waals surface area contributed by atoms with Crippen LogP contribution >= 0.6 is 15.6 Å². The van der Waals surface area contributed by atoms with E-state index in [-0.39, 0.29) is 6.42 Å². The molecular formula is C8H20NO7P2+. The highest BCUT2D eigenvalue weighted by Crippen LogP contribution is 2.66. The van der Waals surface area contributed by atoms with E-state index >= 15 is 0 Å². The molecule has 10 heteroatoms.